The van der Waals surface area contributed by atoms with Gasteiger partial charge < -0.3 is 10.1 Å². The summed E-state index contributed by atoms with van der Waals surface area (Å²) < 4.78 is 43.9. The summed E-state index contributed by atoms with van der Waals surface area (Å²) in [5.41, 5.74) is 0.128. The molecule has 0 spiro atoms. The monoisotopic (exact) mass is 316 g/mol. The van der Waals surface area contributed by atoms with Gasteiger partial charge in [0.25, 0.3) is 0 Å². The maximum absolute atomic E-state index is 13.1. The van der Waals surface area contributed by atoms with E-state index < -0.39 is 23.4 Å². The van der Waals surface area contributed by atoms with Gasteiger partial charge in [-0.25, -0.2) is 22.9 Å². The highest BCUT2D eigenvalue weighted by atomic mass is 32.1. The third kappa shape index (κ3) is 3.33. The first-order valence-corrected chi connectivity index (χ1v) is 6.80. The molecular weight excluding hydrogens is 305 g/mol. The predicted molar refractivity (Wildman–Crippen MR) is 72.4 cm³/mol. The Balaban J connectivity index is 2.25. The number of rotatable bonds is 4. The second-order valence-electron chi connectivity index (χ2n) is 4.02. The maximum Gasteiger partial charge on any atom is 0.358 e. The number of hydrogen-bond acceptors (Lipinski definition) is 5. The number of hydrogen-bond donors (Lipinski definition) is 1. The Morgan fingerprint density at radius 1 is 1.33 bits per heavy atom. The minimum Gasteiger partial charge on any atom is -0.461 e. The summed E-state index contributed by atoms with van der Waals surface area (Å²) in [7, 11) is 0. The van der Waals surface area contributed by atoms with E-state index in [1.54, 1.807) is 13.8 Å². The van der Waals surface area contributed by atoms with Gasteiger partial charge in [-0.05, 0) is 13.8 Å². The highest BCUT2D eigenvalue weighted by Gasteiger charge is 2.17. The Bertz CT molecular complexity index is 665. The lowest BCUT2D eigenvalue weighted by Gasteiger charge is -2.03. The maximum atomic E-state index is 13.1. The smallest absolute Gasteiger partial charge is 0.358 e. The molecule has 0 fully saturated rings. The Kier molecular flexibility index (Phi) is 4.46. The zero-order chi connectivity index (χ0) is 15.6. The van der Waals surface area contributed by atoms with Crippen molar-refractivity contribution in [3.63, 3.8) is 0 Å². The molecule has 1 aromatic carbocycles. The summed E-state index contributed by atoms with van der Waals surface area (Å²) in [6, 6.07) is 1.61. The first-order valence-electron chi connectivity index (χ1n) is 5.98. The number of carbonyl (C=O) groups excluding carboxylic acids is 1. The number of ether oxygens (including phenoxy) is 1. The minimum absolute atomic E-state index is 0.00411. The molecule has 4 nitrogen and oxygen atoms in total. The van der Waals surface area contributed by atoms with Crippen LogP contribution in [0.1, 0.15) is 22.3 Å². The van der Waals surface area contributed by atoms with Crippen LogP contribution in [0.5, 0.6) is 0 Å². The van der Waals surface area contributed by atoms with Crippen LogP contribution in [0, 0.1) is 24.4 Å². The van der Waals surface area contributed by atoms with Crippen molar-refractivity contribution in [1.29, 1.82) is 0 Å². The number of aromatic nitrogens is 1. The average Bonchev–Trinajstić information content (AvgIpc) is 2.77. The van der Waals surface area contributed by atoms with Crippen molar-refractivity contribution in [3.05, 3.63) is 40.2 Å². The molecule has 0 aliphatic rings. The molecule has 0 bridgehead atoms. The summed E-state index contributed by atoms with van der Waals surface area (Å²) in [5.74, 6) is -4.73. The Morgan fingerprint density at radius 2 is 1.95 bits per heavy atom. The lowest BCUT2D eigenvalue weighted by molar-refractivity contribution is 0.0519. The third-order valence-corrected chi connectivity index (χ3v) is 3.39. The van der Waals surface area contributed by atoms with Crippen molar-refractivity contribution in [3.8, 4) is 0 Å². The van der Waals surface area contributed by atoms with Crippen molar-refractivity contribution in [2.24, 2.45) is 0 Å². The first-order chi connectivity index (χ1) is 9.92. The Morgan fingerprint density at radius 3 is 2.52 bits per heavy atom. The van der Waals surface area contributed by atoms with Crippen LogP contribution in [0.4, 0.5) is 24.0 Å². The summed E-state index contributed by atoms with van der Waals surface area (Å²) in [4.78, 5) is 16.2. The summed E-state index contributed by atoms with van der Waals surface area (Å²) in [6.07, 6.45) is 0. The number of nitrogens with zero attached hydrogens (tertiary/aromatic N) is 1. The summed E-state index contributed by atoms with van der Waals surface area (Å²) in [5, 5.41) is 2.87. The number of anilines is 2. The third-order valence-electron chi connectivity index (χ3n) is 2.50. The molecule has 1 heterocycles. The molecule has 8 heteroatoms. The molecule has 0 aliphatic carbocycles. The molecule has 0 unspecified atom stereocenters. The first kappa shape index (κ1) is 15.3. The van der Waals surface area contributed by atoms with Crippen LogP contribution < -0.4 is 5.32 Å². The van der Waals surface area contributed by atoms with Gasteiger partial charge in [-0.2, -0.15) is 0 Å². The lowest BCUT2D eigenvalue weighted by Crippen LogP contribution is -2.06. The lowest BCUT2D eigenvalue weighted by atomic mass is 10.3. The summed E-state index contributed by atoms with van der Waals surface area (Å²) in [6.45, 7) is 3.55. The van der Waals surface area contributed by atoms with E-state index in [4.69, 9.17) is 4.74 Å². The fraction of sp³-hybridized carbons (Fsp3) is 0.231. The Labute approximate surface area is 122 Å². The number of esters is 1. The second kappa shape index (κ2) is 6.13. The zero-order valence-electron chi connectivity index (χ0n) is 11.2. The van der Waals surface area contributed by atoms with E-state index in [-0.39, 0.29) is 23.1 Å². The molecule has 0 radical (unpaired) electrons. The van der Waals surface area contributed by atoms with Crippen LogP contribution in [0.15, 0.2) is 12.1 Å². The second-order valence-corrected chi connectivity index (χ2v) is 5.23. The largest absolute Gasteiger partial charge is 0.461 e. The summed E-state index contributed by atoms with van der Waals surface area (Å²) >= 11 is 1.12. The van der Waals surface area contributed by atoms with Crippen LogP contribution in [0.3, 0.4) is 0 Å². The zero-order valence-corrected chi connectivity index (χ0v) is 12.0. The molecule has 2 aromatic rings. The fourth-order valence-corrected chi connectivity index (χ4v) is 2.41. The average molecular weight is 316 g/mol. The van der Waals surface area contributed by atoms with E-state index in [1.807, 2.05) is 0 Å². The molecule has 0 saturated heterocycles. The molecule has 0 aliphatic heterocycles. The molecule has 2 rings (SSSR count). The predicted octanol–water partition coefficient (Wildman–Crippen LogP) is 3.79. The minimum atomic E-state index is -1.54. The van der Waals surface area contributed by atoms with Crippen molar-refractivity contribution < 1.29 is 22.7 Å². The number of carbonyl (C=O) groups is 1. The number of nitrogens with one attached hydrogen (secondary N) is 1. The molecule has 1 aromatic heterocycles. The Hall–Kier alpha value is -2.09. The topological polar surface area (TPSA) is 51.2 Å². The van der Waals surface area contributed by atoms with E-state index in [0.717, 1.165) is 23.5 Å². The van der Waals surface area contributed by atoms with E-state index in [9.17, 15) is 18.0 Å². The van der Waals surface area contributed by atoms with Crippen molar-refractivity contribution >= 4 is 28.1 Å². The number of benzene rings is 1. The van der Waals surface area contributed by atoms with Gasteiger partial charge in [-0.15, -0.1) is 11.3 Å². The van der Waals surface area contributed by atoms with E-state index in [0.29, 0.717) is 4.88 Å². The van der Waals surface area contributed by atoms with Gasteiger partial charge in [-0.1, -0.05) is 0 Å². The van der Waals surface area contributed by atoms with Crippen LogP contribution in [-0.2, 0) is 4.74 Å². The number of thiazole rings is 1. The number of halogens is 3. The van der Waals surface area contributed by atoms with Crippen LogP contribution >= 0.6 is 11.3 Å². The molecular formula is C13H11F3N2O2S. The van der Waals surface area contributed by atoms with Gasteiger partial charge in [0.05, 0.1) is 6.61 Å². The van der Waals surface area contributed by atoms with Gasteiger partial charge in [0, 0.05) is 22.7 Å². The molecule has 112 valence electrons. The van der Waals surface area contributed by atoms with Crippen molar-refractivity contribution in [1.82, 2.24) is 4.98 Å². The van der Waals surface area contributed by atoms with Gasteiger partial charge in [0.1, 0.15) is 0 Å². The van der Waals surface area contributed by atoms with Gasteiger partial charge in [0.15, 0.2) is 28.3 Å². The van der Waals surface area contributed by atoms with Crippen LogP contribution in [0.2, 0.25) is 0 Å². The van der Waals surface area contributed by atoms with Crippen LogP contribution in [-0.4, -0.2) is 17.6 Å². The highest BCUT2D eigenvalue weighted by Crippen LogP contribution is 2.27. The van der Waals surface area contributed by atoms with Gasteiger partial charge in [0.2, 0.25) is 0 Å². The molecule has 0 saturated carbocycles. The van der Waals surface area contributed by atoms with Crippen molar-refractivity contribution in [2.75, 3.05) is 11.9 Å². The van der Waals surface area contributed by atoms with E-state index >= 15 is 0 Å². The quantitative estimate of drug-likeness (QED) is 0.689. The standard InChI is InChI=1S/C13H11F3N2O2S/c1-3-20-12(19)11-6(2)21-13(18-11)17-7-4-8(14)10(16)9(15)5-7/h4-5H,3H2,1-2H3,(H,17,18). The normalized spacial score (nSPS) is 10.5. The van der Waals surface area contributed by atoms with Crippen LogP contribution in [0.25, 0.3) is 0 Å². The van der Waals surface area contributed by atoms with Gasteiger partial charge >= 0.3 is 5.97 Å². The van der Waals surface area contributed by atoms with Crippen molar-refractivity contribution in [2.45, 2.75) is 13.8 Å². The van der Waals surface area contributed by atoms with E-state index in [1.165, 1.54) is 0 Å². The highest BCUT2D eigenvalue weighted by molar-refractivity contribution is 7.15. The fourth-order valence-electron chi connectivity index (χ4n) is 1.59. The molecule has 0 atom stereocenters. The van der Waals surface area contributed by atoms with Gasteiger partial charge in [-0.3, -0.25) is 0 Å². The molecule has 0 amide bonds. The SMILES string of the molecule is CCOC(=O)c1nc(Nc2cc(F)c(F)c(F)c2)sc1C. The van der Waals surface area contributed by atoms with E-state index in [2.05, 4.69) is 10.3 Å². The number of aryl methyl sites for hydroxylation is 1. The molecule has 1 N–H and O–H groups in total. The molecule has 21 heavy (non-hydrogen) atoms.